The molecule has 7 aromatic carbocycles. The van der Waals surface area contributed by atoms with Gasteiger partial charge in [-0.15, -0.1) is 22.7 Å². The van der Waals surface area contributed by atoms with Crippen LogP contribution in [0.25, 0.3) is 97.0 Å². The van der Waals surface area contributed by atoms with Crippen LogP contribution in [0.4, 0.5) is 0 Å². The number of nitrogens with zero attached hydrogens (tertiary/aromatic N) is 4. The highest BCUT2D eigenvalue weighted by molar-refractivity contribution is 7.26. The summed E-state index contributed by atoms with van der Waals surface area (Å²) >= 11 is 3.48. The van der Waals surface area contributed by atoms with Gasteiger partial charge in [0.15, 0.2) is 17.5 Å². The molecule has 0 aliphatic rings. The zero-order valence-electron chi connectivity index (χ0n) is 26.6. The third-order valence-corrected chi connectivity index (χ3v) is 11.4. The number of thiazole rings is 1. The number of rotatable bonds is 5. The second-order valence-corrected chi connectivity index (χ2v) is 14.4. The topological polar surface area (TPSA) is 51.6 Å². The Morgan fingerprint density at radius 2 is 1.02 bits per heavy atom. The summed E-state index contributed by atoms with van der Waals surface area (Å²) in [5.74, 6) is 1.91. The average molecular weight is 675 g/mol. The predicted molar refractivity (Wildman–Crippen MR) is 211 cm³/mol. The second-order valence-electron chi connectivity index (χ2n) is 12.3. The average Bonchev–Trinajstić information content (AvgIpc) is 3.79. The van der Waals surface area contributed by atoms with Gasteiger partial charge in [-0.25, -0.2) is 19.9 Å². The van der Waals surface area contributed by atoms with E-state index in [0.717, 1.165) is 59.4 Å². The van der Waals surface area contributed by atoms with Gasteiger partial charge in [-0.3, -0.25) is 0 Å². The molecular weight excluding hydrogens is 649 g/mol. The van der Waals surface area contributed by atoms with Crippen LogP contribution < -0.4 is 0 Å². The molecule has 0 saturated heterocycles. The van der Waals surface area contributed by atoms with Crippen LogP contribution in [0.15, 0.2) is 158 Å². The van der Waals surface area contributed by atoms with Crippen molar-refractivity contribution >= 4 is 63.8 Å². The first-order valence-corrected chi connectivity index (χ1v) is 18.1. The Morgan fingerprint density at radius 1 is 0.380 bits per heavy atom. The van der Waals surface area contributed by atoms with Crippen LogP contribution in [0, 0.1) is 0 Å². The molecule has 0 spiro atoms. The highest BCUT2D eigenvalue weighted by Crippen LogP contribution is 2.46. The zero-order valence-corrected chi connectivity index (χ0v) is 28.2. The molecule has 50 heavy (non-hydrogen) atoms. The van der Waals surface area contributed by atoms with Crippen LogP contribution in [0.2, 0.25) is 0 Å². The van der Waals surface area contributed by atoms with Crippen LogP contribution in [-0.2, 0) is 0 Å². The number of aromatic nitrogens is 4. The van der Waals surface area contributed by atoms with E-state index in [4.69, 9.17) is 19.9 Å². The Hall–Kier alpha value is -6.08. The smallest absolute Gasteiger partial charge is 0.166 e. The first kappa shape index (κ1) is 28.9. The monoisotopic (exact) mass is 674 g/mol. The van der Waals surface area contributed by atoms with Gasteiger partial charge in [0.2, 0.25) is 0 Å². The van der Waals surface area contributed by atoms with E-state index in [2.05, 4.69) is 146 Å². The van der Waals surface area contributed by atoms with E-state index in [1.165, 1.54) is 20.2 Å². The quantitative estimate of drug-likeness (QED) is 0.182. The molecule has 4 nitrogen and oxygen atoms in total. The van der Waals surface area contributed by atoms with E-state index >= 15 is 0 Å². The van der Waals surface area contributed by atoms with E-state index in [0.29, 0.717) is 17.5 Å². The molecule has 0 atom stereocenters. The lowest BCUT2D eigenvalue weighted by Crippen LogP contribution is -2.01. The number of fused-ring (bicyclic) bond motifs is 5. The summed E-state index contributed by atoms with van der Waals surface area (Å²) in [6.45, 7) is 0. The maximum atomic E-state index is 5.33. The Kier molecular flexibility index (Phi) is 6.82. The van der Waals surface area contributed by atoms with Crippen LogP contribution >= 0.6 is 22.7 Å². The highest BCUT2D eigenvalue weighted by atomic mass is 32.1. The molecule has 0 unspecified atom stereocenters. The molecule has 0 radical (unpaired) electrons. The molecule has 0 fully saturated rings. The van der Waals surface area contributed by atoms with Gasteiger partial charge in [0, 0.05) is 42.4 Å². The fourth-order valence-corrected chi connectivity index (χ4v) is 8.97. The van der Waals surface area contributed by atoms with Crippen molar-refractivity contribution in [1.29, 1.82) is 0 Å². The van der Waals surface area contributed by atoms with Gasteiger partial charge in [-0.05, 0) is 46.2 Å². The minimum atomic E-state index is 0.633. The zero-order chi connectivity index (χ0) is 33.0. The molecule has 6 heteroatoms. The second kappa shape index (κ2) is 11.8. The Labute approximate surface area is 296 Å². The normalized spacial score (nSPS) is 11.6. The summed E-state index contributed by atoms with van der Waals surface area (Å²) in [4.78, 5) is 21.0. The summed E-state index contributed by atoms with van der Waals surface area (Å²) in [7, 11) is 0. The maximum absolute atomic E-state index is 5.33. The van der Waals surface area contributed by atoms with E-state index < -0.39 is 0 Å². The fourth-order valence-electron chi connectivity index (χ4n) is 6.73. The third kappa shape index (κ3) is 4.96. The van der Waals surface area contributed by atoms with Crippen molar-refractivity contribution in [2.75, 3.05) is 0 Å². The van der Waals surface area contributed by atoms with Crippen LogP contribution in [0.1, 0.15) is 0 Å². The van der Waals surface area contributed by atoms with Gasteiger partial charge < -0.3 is 0 Å². The van der Waals surface area contributed by atoms with Gasteiger partial charge in [0.05, 0.1) is 10.2 Å². The Bertz CT molecular complexity index is 2880. The van der Waals surface area contributed by atoms with Crippen molar-refractivity contribution in [3.05, 3.63) is 158 Å². The summed E-state index contributed by atoms with van der Waals surface area (Å²) in [5, 5.41) is 5.64. The lowest BCUT2D eigenvalue weighted by atomic mass is 10.0. The molecule has 0 aliphatic carbocycles. The Balaban J connectivity index is 1.28. The SMILES string of the molecule is c1ccc(-c2cccc(-c3nc(-c4ccc5ccccc5c4)nc(-c4c5sc(-c6ccccc6)nc5cc5sc6ccccc6c45)n3)c2)cc1. The van der Waals surface area contributed by atoms with Crippen molar-refractivity contribution < 1.29 is 0 Å². The minimum absolute atomic E-state index is 0.633. The molecule has 10 aromatic rings. The molecule has 234 valence electrons. The third-order valence-electron chi connectivity index (χ3n) is 9.14. The molecule has 0 amide bonds. The predicted octanol–water partition coefficient (Wildman–Crippen LogP) is 12.3. The highest BCUT2D eigenvalue weighted by Gasteiger charge is 2.23. The van der Waals surface area contributed by atoms with Gasteiger partial charge in [0.25, 0.3) is 0 Å². The molecule has 0 saturated carbocycles. The largest absolute Gasteiger partial charge is 0.236 e. The molecule has 0 N–H and O–H groups in total. The van der Waals surface area contributed by atoms with E-state index in [-0.39, 0.29) is 0 Å². The molecular formula is C44H26N4S2. The summed E-state index contributed by atoms with van der Waals surface area (Å²) < 4.78 is 3.46. The molecule has 10 rings (SSSR count). The lowest BCUT2D eigenvalue weighted by Gasteiger charge is -2.11. The van der Waals surface area contributed by atoms with E-state index in [1.807, 2.05) is 12.1 Å². The minimum Gasteiger partial charge on any atom is -0.236 e. The Morgan fingerprint density at radius 3 is 1.84 bits per heavy atom. The van der Waals surface area contributed by atoms with E-state index in [1.54, 1.807) is 22.7 Å². The number of thiophene rings is 1. The molecule has 3 heterocycles. The van der Waals surface area contributed by atoms with Crippen LogP contribution in [0.3, 0.4) is 0 Å². The number of hydrogen-bond acceptors (Lipinski definition) is 6. The van der Waals surface area contributed by atoms with Crippen molar-refractivity contribution in [3.63, 3.8) is 0 Å². The van der Waals surface area contributed by atoms with Crippen molar-refractivity contribution in [3.8, 4) is 55.9 Å². The van der Waals surface area contributed by atoms with Crippen molar-refractivity contribution in [2.45, 2.75) is 0 Å². The first-order chi connectivity index (χ1) is 24.7. The summed E-state index contributed by atoms with van der Waals surface area (Å²) in [6, 6.07) is 55.0. The van der Waals surface area contributed by atoms with Crippen LogP contribution in [0.5, 0.6) is 0 Å². The molecule has 3 aromatic heterocycles. The standard InChI is InChI=1S/C44H26N4S2/c1-3-12-27(13-4-1)31-18-11-19-32(24-31)41-46-42(33-23-22-28-14-7-8-17-30(28)25-33)48-43(47-41)39-38-34-20-9-10-21-36(34)49-37(38)26-35-40(39)50-44(45-35)29-15-5-2-6-16-29/h1-26H. The van der Waals surface area contributed by atoms with Gasteiger partial charge in [-0.2, -0.15) is 0 Å². The van der Waals surface area contributed by atoms with Crippen molar-refractivity contribution in [1.82, 2.24) is 19.9 Å². The molecule has 0 bridgehead atoms. The van der Waals surface area contributed by atoms with E-state index in [9.17, 15) is 0 Å². The number of hydrogen-bond donors (Lipinski definition) is 0. The van der Waals surface area contributed by atoms with Gasteiger partial charge >= 0.3 is 0 Å². The fraction of sp³-hybridized carbons (Fsp3) is 0. The van der Waals surface area contributed by atoms with Crippen LogP contribution in [-0.4, -0.2) is 19.9 Å². The lowest BCUT2D eigenvalue weighted by molar-refractivity contribution is 1.08. The first-order valence-electron chi connectivity index (χ1n) is 16.5. The molecule has 0 aliphatic heterocycles. The van der Waals surface area contributed by atoms with Gasteiger partial charge in [0.1, 0.15) is 5.01 Å². The van der Waals surface area contributed by atoms with Gasteiger partial charge in [-0.1, -0.05) is 133 Å². The maximum Gasteiger partial charge on any atom is 0.166 e. The summed E-state index contributed by atoms with van der Waals surface area (Å²) in [5.41, 5.74) is 7.18. The number of benzene rings is 7. The van der Waals surface area contributed by atoms with Crippen molar-refractivity contribution in [2.24, 2.45) is 0 Å². The summed E-state index contributed by atoms with van der Waals surface area (Å²) in [6.07, 6.45) is 0.